The Labute approximate surface area is 194 Å². The fourth-order valence-electron chi connectivity index (χ4n) is 5.69. The second-order valence-corrected chi connectivity index (χ2v) is 10.2. The Morgan fingerprint density at radius 3 is 2.59 bits per heavy atom. The molecule has 1 aliphatic carbocycles. The third-order valence-electron chi connectivity index (χ3n) is 7.71. The second-order valence-electron chi connectivity index (χ2n) is 10.2. The number of carbonyl (C=O) groups excluding carboxylic acids is 2. The number of nitrogens with zero attached hydrogens (tertiary/aromatic N) is 2. The number of hydrogen-bond acceptors (Lipinski definition) is 5. The van der Waals surface area contributed by atoms with Gasteiger partial charge in [0.15, 0.2) is 0 Å². The van der Waals surface area contributed by atoms with Crippen LogP contribution < -0.4 is 10.6 Å². The van der Waals surface area contributed by atoms with E-state index < -0.39 is 0 Å². The van der Waals surface area contributed by atoms with Crippen molar-refractivity contribution in [3.63, 3.8) is 0 Å². The van der Waals surface area contributed by atoms with Gasteiger partial charge in [-0.3, -0.25) is 14.5 Å². The monoisotopic (exact) mass is 448 g/mol. The quantitative estimate of drug-likeness (QED) is 0.557. The van der Waals surface area contributed by atoms with Crippen LogP contribution in [0.15, 0.2) is 11.6 Å². The van der Waals surface area contributed by atoms with Crippen molar-refractivity contribution in [2.75, 3.05) is 53.0 Å². The zero-order valence-electron chi connectivity index (χ0n) is 20.6. The lowest BCUT2D eigenvalue weighted by Gasteiger charge is -2.42. The largest absolute Gasteiger partial charge is 0.375 e. The van der Waals surface area contributed by atoms with E-state index in [1.807, 2.05) is 0 Å². The van der Waals surface area contributed by atoms with Crippen LogP contribution in [0.4, 0.5) is 0 Å². The van der Waals surface area contributed by atoms with E-state index in [0.717, 1.165) is 39.1 Å². The normalized spacial score (nSPS) is 29.7. The van der Waals surface area contributed by atoms with E-state index >= 15 is 0 Å². The maximum absolute atomic E-state index is 13.1. The Bertz CT molecular complexity index is 652. The summed E-state index contributed by atoms with van der Waals surface area (Å²) in [6.07, 6.45) is 8.24. The van der Waals surface area contributed by atoms with E-state index in [1.165, 1.54) is 31.9 Å². The van der Waals surface area contributed by atoms with E-state index in [1.54, 1.807) is 0 Å². The Kier molecular flexibility index (Phi) is 9.56. The summed E-state index contributed by atoms with van der Waals surface area (Å²) < 4.78 is 4.92. The van der Waals surface area contributed by atoms with Gasteiger partial charge in [-0.05, 0) is 62.8 Å². The Hall–Kier alpha value is -1.44. The van der Waals surface area contributed by atoms with Gasteiger partial charge in [-0.1, -0.05) is 25.5 Å². The number of ether oxygens (including phenoxy) is 1. The molecule has 2 saturated heterocycles. The van der Waals surface area contributed by atoms with Gasteiger partial charge in [-0.25, -0.2) is 0 Å². The SMILES string of the molecule is COCC(=O)NC[C@@H]1C=C(C)[C@H](CC(=O)N2CCN(C3CCCCN3)CC2)C[C@H]1C(C)C. The molecule has 2 amide bonds. The number of hydrogen-bond donors (Lipinski definition) is 2. The summed E-state index contributed by atoms with van der Waals surface area (Å²) in [4.78, 5) is 29.6. The molecule has 0 saturated carbocycles. The summed E-state index contributed by atoms with van der Waals surface area (Å²) in [7, 11) is 1.54. The van der Waals surface area contributed by atoms with E-state index in [0.29, 0.717) is 48.7 Å². The average molecular weight is 449 g/mol. The minimum atomic E-state index is -0.0686. The van der Waals surface area contributed by atoms with E-state index in [4.69, 9.17) is 4.74 Å². The van der Waals surface area contributed by atoms with Crippen LogP contribution in [0.3, 0.4) is 0 Å². The molecule has 3 aliphatic rings. The zero-order valence-corrected chi connectivity index (χ0v) is 20.6. The number of carbonyl (C=O) groups is 2. The number of methoxy groups -OCH3 is 1. The van der Waals surface area contributed by atoms with Crippen molar-refractivity contribution in [2.45, 2.75) is 59.0 Å². The predicted molar refractivity (Wildman–Crippen MR) is 127 cm³/mol. The van der Waals surface area contributed by atoms with Gasteiger partial charge in [-0.2, -0.15) is 0 Å². The van der Waals surface area contributed by atoms with Crippen LogP contribution in [0.5, 0.6) is 0 Å². The van der Waals surface area contributed by atoms with Crippen molar-refractivity contribution in [2.24, 2.45) is 23.7 Å². The minimum absolute atomic E-state index is 0.0686. The second kappa shape index (κ2) is 12.1. The number of amides is 2. The molecule has 0 aromatic heterocycles. The first kappa shape index (κ1) is 25.2. The molecule has 7 nitrogen and oxygen atoms in total. The number of piperazine rings is 1. The molecular weight excluding hydrogens is 404 g/mol. The summed E-state index contributed by atoms with van der Waals surface area (Å²) in [5, 5.41) is 6.63. The summed E-state index contributed by atoms with van der Waals surface area (Å²) in [5.74, 6) is 1.82. The lowest BCUT2D eigenvalue weighted by Crippen LogP contribution is -2.57. The molecule has 0 aromatic carbocycles. The van der Waals surface area contributed by atoms with Crippen molar-refractivity contribution < 1.29 is 14.3 Å². The molecule has 2 aliphatic heterocycles. The molecule has 7 heteroatoms. The molecule has 3 rings (SSSR count). The van der Waals surface area contributed by atoms with Crippen molar-refractivity contribution >= 4 is 11.8 Å². The summed E-state index contributed by atoms with van der Waals surface area (Å²) in [6.45, 7) is 12.1. The van der Waals surface area contributed by atoms with Gasteiger partial charge in [0, 0.05) is 46.3 Å². The Morgan fingerprint density at radius 2 is 1.97 bits per heavy atom. The molecule has 0 bridgehead atoms. The highest BCUT2D eigenvalue weighted by atomic mass is 16.5. The van der Waals surface area contributed by atoms with E-state index in [2.05, 4.69) is 47.3 Å². The smallest absolute Gasteiger partial charge is 0.246 e. The van der Waals surface area contributed by atoms with Crippen molar-refractivity contribution in [3.8, 4) is 0 Å². The van der Waals surface area contributed by atoms with Crippen LogP contribution in [0.1, 0.15) is 52.9 Å². The summed E-state index contributed by atoms with van der Waals surface area (Å²) in [6, 6.07) is 0. The fourth-order valence-corrected chi connectivity index (χ4v) is 5.69. The third-order valence-corrected chi connectivity index (χ3v) is 7.71. The Morgan fingerprint density at radius 1 is 1.22 bits per heavy atom. The first-order chi connectivity index (χ1) is 15.4. The third kappa shape index (κ3) is 6.78. The van der Waals surface area contributed by atoms with Crippen molar-refractivity contribution in [1.29, 1.82) is 0 Å². The van der Waals surface area contributed by atoms with Crippen LogP contribution >= 0.6 is 0 Å². The molecular formula is C25H44N4O3. The van der Waals surface area contributed by atoms with Crippen molar-refractivity contribution in [3.05, 3.63) is 11.6 Å². The number of allylic oxidation sites excluding steroid dienone is 1. The van der Waals surface area contributed by atoms with Crippen LogP contribution in [0.2, 0.25) is 0 Å². The first-order valence-electron chi connectivity index (χ1n) is 12.6. The molecule has 0 radical (unpaired) electrons. The molecule has 32 heavy (non-hydrogen) atoms. The Balaban J connectivity index is 1.52. The number of piperidine rings is 1. The fraction of sp³-hybridized carbons (Fsp3) is 0.840. The van der Waals surface area contributed by atoms with Gasteiger partial charge >= 0.3 is 0 Å². The lowest BCUT2D eigenvalue weighted by atomic mass is 9.69. The highest BCUT2D eigenvalue weighted by molar-refractivity contribution is 5.77. The van der Waals surface area contributed by atoms with Crippen LogP contribution in [-0.4, -0.2) is 80.8 Å². The zero-order chi connectivity index (χ0) is 23.1. The molecule has 2 N–H and O–H groups in total. The molecule has 2 heterocycles. The highest BCUT2D eigenvalue weighted by Crippen LogP contribution is 2.39. The standard InChI is InChI=1S/C25H44N4O3/c1-18(2)22-14-20(19(3)13-21(22)16-27-24(30)17-32-4)15-25(31)29-11-9-28(10-12-29)23-7-5-6-8-26-23/h13,18,20-23,26H,5-12,14-17H2,1-4H3,(H,27,30)/t20-,21-,22-,23?/m0/s1. The molecule has 182 valence electrons. The molecule has 1 unspecified atom stereocenters. The molecule has 4 atom stereocenters. The van der Waals surface area contributed by atoms with Gasteiger partial charge in [0.2, 0.25) is 11.8 Å². The number of nitrogens with one attached hydrogen (secondary N) is 2. The topological polar surface area (TPSA) is 73.9 Å². The average Bonchev–Trinajstić information content (AvgIpc) is 2.79. The van der Waals surface area contributed by atoms with Gasteiger partial charge in [0.1, 0.15) is 6.61 Å². The lowest BCUT2D eigenvalue weighted by molar-refractivity contribution is -0.134. The predicted octanol–water partition coefficient (Wildman–Crippen LogP) is 2.24. The molecule has 0 aromatic rings. The van der Waals surface area contributed by atoms with Crippen LogP contribution in [-0.2, 0) is 14.3 Å². The van der Waals surface area contributed by atoms with E-state index in [-0.39, 0.29) is 12.5 Å². The van der Waals surface area contributed by atoms with Crippen LogP contribution in [0.25, 0.3) is 0 Å². The molecule has 2 fully saturated rings. The number of rotatable bonds is 8. The summed E-state index contributed by atoms with van der Waals surface area (Å²) >= 11 is 0. The van der Waals surface area contributed by atoms with Crippen molar-refractivity contribution in [1.82, 2.24) is 20.4 Å². The van der Waals surface area contributed by atoms with Crippen LogP contribution in [0, 0.1) is 23.7 Å². The molecule has 0 spiro atoms. The highest BCUT2D eigenvalue weighted by Gasteiger charge is 2.34. The summed E-state index contributed by atoms with van der Waals surface area (Å²) in [5.41, 5.74) is 1.30. The van der Waals surface area contributed by atoms with Gasteiger partial charge < -0.3 is 20.3 Å². The first-order valence-corrected chi connectivity index (χ1v) is 12.6. The van der Waals surface area contributed by atoms with Gasteiger partial charge in [0.25, 0.3) is 0 Å². The maximum atomic E-state index is 13.1. The van der Waals surface area contributed by atoms with Gasteiger partial charge in [-0.15, -0.1) is 0 Å². The minimum Gasteiger partial charge on any atom is -0.375 e. The maximum Gasteiger partial charge on any atom is 0.246 e. The van der Waals surface area contributed by atoms with Gasteiger partial charge in [0.05, 0.1) is 6.17 Å². The van der Waals surface area contributed by atoms with E-state index in [9.17, 15) is 9.59 Å².